The molecular formula is C16H20. The van der Waals surface area contributed by atoms with Gasteiger partial charge in [-0.1, -0.05) is 55.8 Å². The highest BCUT2D eigenvalue weighted by atomic mass is 14.1. The van der Waals surface area contributed by atoms with Gasteiger partial charge < -0.3 is 0 Å². The van der Waals surface area contributed by atoms with Gasteiger partial charge in [0, 0.05) is 0 Å². The van der Waals surface area contributed by atoms with Gasteiger partial charge in [0.05, 0.1) is 0 Å². The zero-order chi connectivity index (χ0) is 11.2. The number of allylic oxidation sites excluding steroid dienone is 4. The lowest BCUT2D eigenvalue weighted by Gasteiger charge is -2.08. The second-order valence-electron chi connectivity index (χ2n) is 4.44. The highest BCUT2D eigenvalue weighted by Crippen LogP contribution is 2.21. The van der Waals surface area contributed by atoms with Crippen molar-refractivity contribution in [2.24, 2.45) is 0 Å². The van der Waals surface area contributed by atoms with E-state index in [1.165, 1.54) is 48.8 Å². The Hall–Kier alpha value is -1.30. The van der Waals surface area contributed by atoms with E-state index in [1.54, 1.807) is 0 Å². The third kappa shape index (κ3) is 2.85. The first-order valence-corrected chi connectivity index (χ1v) is 6.36. The fourth-order valence-electron chi connectivity index (χ4n) is 2.07. The molecule has 0 radical (unpaired) electrons. The van der Waals surface area contributed by atoms with E-state index >= 15 is 0 Å². The van der Waals surface area contributed by atoms with Crippen molar-refractivity contribution in [3.63, 3.8) is 0 Å². The van der Waals surface area contributed by atoms with Crippen molar-refractivity contribution >= 4 is 5.57 Å². The molecule has 1 aliphatic carbocycles. The SMILES string of the molecule is CCCCc1ccc(C2=CCCC=C2)cc1. The van der Waals surface area contributed by atoms with Crippen LogP contribution in [0.1, 0.15) is 43.7 Å². The summed E-state index contributed by atoms with van der Waals surface area (Å²) in [5.41, 5.74) is 4.20. The van der Waals surface area contributed by atoms with Crippen LogP contribution in [0.25, 0.3) is 5.57 Å². The molecule has 0 spiro atoms. The number of hydrogen-bond donors (Lipinski definition) is 0. The maximum Gasteiger partial charge on any atom is -0.0187 e. The van der Waals surface area contributed by atoms with Gasteiger partial charge in [-0.25, -0.2) is 0 Å². The topological polar surface area (TPSA) is 0 Å². The highest BCUT2D eigenvalue weighted by Gasteiger charge is 2.01. The lowest BCUT2D eigenvalue weighted by atomic mass is 9.98. The molecule has 2 rings (SSSR count). The van der Waals surface area contributed by atoms with Gasteiger partial charge in [0.25, 0.3) is 0 Å². The summed E-state index contributed by atoms with van der Waals surface area (Å²) in [6, 6.07) is 9.06. The van der Waals surface area contributed by atoms with Crippen LogP contribution in [0.4, 0.5) is 0 Å². The average molecular weight is 212 g/mol. The zero-order valence-corrected chi connectivity index (χ0v) is 10.1. The molecular weight excluding hydrogens is 192 g/mol. The van der Waals surface area contributed by atoms with Crippen LogP contribution in [-0.4, -0.2) is 0 Å². The van der Waals surface area contributed by atoms with E-state index in [2.05, 4.69) is 49.4 Å². The summed E-state index contributed by atoms with van der Waals surface area (Å²) in [6.07, 6.45) is 13.0. The molecule has 16 heavy (non-hydrogen) atoms. The molecule has 1 aromatic rings. The van der Waals surface area contributed by atoms with Crippen molar-refractivity contribution in [3.05, 3.63) is 53.6 Å². The third-order valence-corrected chi connectivity index (χ3v) is 3.10. The van der Waals surface area contributed by atoms with Crippen LogP contribution in [0, 0.1) is 0 Å². The first kappa shape index (κ1) is 11.2. The molecule has 0 bridgehead atoms. The predicted molar refractivity (Wildman–Crippen MR) is 71.4 cm³/mol. The lowest BCUT2D eigenvalue weighted by Crippen LogP contribution is -1.88. The molecule has 0 N–H and O–H groups in total. The predicted octanol–water partition coefficient (Wildman–Crippen LogP) is 4.76. The summed E-state index contributed by atoms with van der Waals surface area (Å²) in [6.45, 7) is 2.24. The molecule has 1 aromatic carbocycles. The van der Waals surface area contributed by atoms with Gasteiger partial charge in [0.2, 0.25) is 0 Å². The fourth-order valence-corrected chi connectivity index (χ4v) is 2.07. The molecule has 0 nitrogen and oxygen atoms in total. The molecule has 84 valence electrons. The Morgan fingerprint density at radius 1 is 1.06 bits per heavy atom. The Labute approximate surface area is 98.7 Å². The van der Waals surface area contributed by atoms with Gasteiger partial charge in [-0.3, -0.25) is 0 Å². The van der Waals surface area contributed by atoms with Crippen LogP contribution in [-0.2, 0) is 6.42 Å². The number of benzene rings is 1. The van der Waals surface area contributed by atoms with Crippen LogP contribution in [0.15, 0.2) is 42.5 Å². The Balaban J connectivity index is 2.07. The van der Waals surface area contributed by atoms with E-state index < -0.39 is 0 Å². The van der Waals surface area contributed by atoms with Gasteiger partial charge in [0.15, 0.2) is 0 Å². The number of aryl methyl sites for hydroxylation is 1. The number of rotatable bonds is 4. The Morgan fingerprint density at radius 2 is 1.88 bits per heavy atom. The maximum atomic E-state index is 2.33. The summed E-state index contributed by atoms with van der Waals surface area (Å²) < 4.78 is 0. The van der Waals surface area contributed by atoms with Crippen LogP contribution < -0.4 is 0 Å². The van der Waals surface area contributed by atoms with Crippen molar-refractivity contribution in [2.45, 2.75) is 39.0 Å². The molecule has 0 aromatic heterocycles. The molecule has 0 saturated heterocycles. The van der Waals surface area contributed by atoms with E-state index in [-0.39, 0.29) is 0 Å². The summed E-state index contributed by atoms with van der Waals surface area (Å²) in [7, 11) is 0. The fraction of sp³-hybridized carbons (Fsp3) is 0.375. The molecule has 0 saturated carbocycles. The molecule has 0 atom stereocenters. The zero-order valence-electron chi connectivity index (χ0n) is 10.1. The number of unbranched alkanes of at least 4 members (excludes halogenated alkanes) is 1. The van der Waals surface area contributed by atoms with Crippen molar-refractivity contribution in [1.82, 2.24) is 0 Å². The van der Waals surface area contributed by atoms with E-state index in [0.29, 0.717) is 0 Å². The Bertz CT molecular complexity index is 379. The van der Waals surface area contributed by atoms with Crippen molar-refractivity contribution < 1.29 is 0 Å². The van der Waals surface area contributed by atoms with Crippen molar-refractivity contribution in [1.29, 1.82) is 0 Å². The standard InChI is InChI=1S/C16H20/c1-2-3-7-14-10-12-16(13-11-14)15-8-5-4-6-9-15/h5,8-13H,2-4,6-7H2,1H3. The third-order valence-electron chi connectivity index (χ3n) is 3.10. The molecule has 0 unspecified atom stereocenters. The van der Waals surface area contributed by atoms with Gasteiger partial charge in [-0.2, -0.15) is 0 Å². The molecule has 0 fully saturated rings. The average Bonchev–Trinajstić information content (AvgIpc) is 2.38. The van der Waals surface area contributed by atoms with Gasteiger partial charge in [-0.15, -0.1) is 0 Å². The van der Waals surface area contributed by atoms with Crippen molar-refractivity contribution in [2.75, 3.05) is 0 Å². The quantitative estimate of drug-likeness (QED) is 0.675. The van der Waals surface area contributed by atoms with E-state index in [4.69, 9.17) is 0 Å². The van der Waals surface area contributed by atoms with Crippen molar-refractivity contribution in [3.8, 4) is 0 Å². The minimum Gasteiger partial charge on any atom is -0.0836 e. The largest absolute Gasteiger partial charge is 0.0836 e. The van der Waals surface area contributed by atoms with Crippen LogP contribution in [0.2, 0.25) is 0 Å². The summed E-state index contributed by atoms with van der Waals surface area (Å²) >= 11 is 0. The van der Waals surface area contributed by atoms with Crippen LogP contribution in [0.3, 0.4) is 0 Å². The summed E-state index contributed by atoms with van der Waals surface area (Å²) in [5.74, 6) is 0. The summed E-state index contributed by atoms with van der Waals surface area (Å²) in [5, 5.41) is 0. The number of hydrogen-bond acceptors (Lipinski definition) is 0. The smallest absolute Gasteiger partial charge is 0.0187 e. The Kier molecular flexibility index (Phi) is 3.98. The molecule has 0 heterocycles. The monoisotopic (exact) mass is 212 g/mol. The Morgan fingerprint density at radius 3 is 2.50 bits per heavy atom. The molecule has 0 aliphatic heterocycles. The van der Waals surface area contributed by atoms with E-state index in [0.717, 1.165) is 0 Å². The minimum atomic E-state index is 1.18. The highest BCUT2D eigenvalue weighted by molar-refractivity contribution is 5.74. The lowest BCUT2D eigenvalue weighted by molar-refractivity contribution is 0.795. The van der Waals surface area contributed by atoms with E-state index in [1.807, 2.05) is 0 Å². The van der Waals surface area contributed by atoms with E-state index in [9.17, 15) is 0 Å². The van der Waals surface area contributed by atoms with Crippen LogP contribution in [0.5, 0.6) is 0 Å². The van der Waals surface area contributed by atoms with Crippen LogP contribution >= 0.6 is 0 Å². The first-order valence-electron chi connectivity index (χ1n) is 6.36. The second-order valence-corrected chi connectivity index (χ2v) is 4.44. The van der Waals surface area contributed by atoms with Gasteiger partial charge in [-0.05, 0) is 42.4 Å². The molecule has 0 heteroatoms. The molecule has 0 amide bonds. The summed E-state index contributed by atoms with van der Waals surface area (Å²) in [4.78, 5) is 0. The van der Waals surface area contributed by atoms with Gasteiger partial charge in [0.1, 0.15) is 0 Å². The molecule has 1 aliphatic rings. The maximum absolute atomic E-state index is 2.33. The van der Waals surface area contributed by atoms with Gasteiger partial charge >= 0.3 is 0 Å². The minimum absolute atomic E-state index is 1.18. The normalized spacial score (nSPS) is 14.9. The first-order chi connectivity index (χ1) is 7.90. The second kappa shape index (κ2) is 5.69.